The van der Waals surface area contributed by atoms with E-state index in [0.717, 1.165) is 23.1 Å². The molecule has 0 aromatic heterocycles. The van der Waals surface area contributed by atoms with E-state index in [2.05, 4.69) is 19.1 Å². The van der Waals surface area contributed by atoms with Crippen LogP contribution in [0.15, 0.2) is 66.4 Å². The zero-order chi connectivity index (χ0) is 20.4. The fourth-order valence-corrected chi connectivity index (χ4v) is 3.39. The van der Waals surface area contributed by atoms with Crippen LogP contribution in [0.2, 0.25) is 5.02 Å². The van der Waals surface area contributed by atoms with Crippen molar-refractivity contribution in [3.63, 3.8) is 0 Å². The van der Waals surface area contributed by atoms with Crippen molar-refractivity contribution in [3.8, 4) is 11.5 Å². The Kier molecular flexibility index (Phi) is 5.41. The molecule has 0 saturated heterocycles. The molecule has 1 heterocycles. The van der Waals surface area contributed by atoms with Crippen molar-refractivity contribution in [2.24, 2.45) is 0 Å². The zero-order valence-corrected chi connectivity index (χ0v) is 17.1. The second-order valence-corrected chi connectivity index (χ2v) is 7.45. The largest absolute Gasteiger partial charge is 0.488 e. The molecular formula is C25H21ClO3. The molecule has 0 radical (unpaired) electrons. The summed E-state index contributed by atoms with van der Waals surface area (Å²) in [7, 11) is 0. The third-order valence-electron chi connectivity index (χ3n) is 5.03. The predicted octanol–water partition coefficient (Wildman–Crippen LogP) is 6.41. The van der Waals surface area contributed by atoms with Gasteiger partial charge in [0.1, 0.15) is 18.1 Å². The van der Waals surface area contributed by atoms with E-state index >= 15 is 0 Å². The normalized spacial score (nSPS) is 14.0. The summed E-state index contributed by atoms with van der Waals surface area (Å²) >= 11 is 5.92. The minimum Gasteiger partial charge on any atom is -0.488 e. The molecule has 3 aromatic carbocycles. The SMILES string of the molecule is CCc1ccc(/C=C2\Oc3c(ccc(OCc4ccc(Cl)cc4)c3C)C2=O)cc1. The van der Waals surface area contributed by atoms with Crippen molar-refractivity contribution < 1.29 is 14.3 Å². The van der Waals surface area contributed by atoms with Crippen LogP contribution in [0.4, 0.5) is 0 Å². The van der Waals surface area contributed by atoms with E-state index < -0.39 is 0 Å². The van der Waals surface area contributed by atoms with E-state index in [-0.39, 0.29) is 5.78 Å². The van der Waals surface area contributed by atoms with Crippen LogP contribution in [0.5, 0.6) is 11.5 Å². The Bertz CT molecular complexity index is 1080. The number of carbonyl (C=O) groups is 1. The van der Waals surface area contributed by atoms with Gasteiger partial charge in [0.2, 0.25) is 5.78 Å². The summed E-state index contributed by atoms with van der Waals surface area (Å²) in [4.78, 5) is 12.8. The first-order valence-electron chi connectivity index (χ1n) is 9.59. The molecule has 0 amide bonds. The van der Waals surface area contributed by atoms with Crippen molar-refractivity contribution in [2.75, 3.05) is 0 Å². The topological polar surface area (TPSA) is 35.5 Å². The standard InChI is InChI=1S/C25H21ClO3/c1-3-17-4-6-18(7-5-17)14-23-24(27)21-12-13-22(16(2)25(21)29-23)28-15-19-8-10-20(26)11-9-19/h4-14H,3,15H2,1-2H3/b23-14-. The number of hydrogen-bond acceptors (Lipinski definition) is 3. The average Bonchev–Trinajstić information content (AvgIpc) is 3.06. The van der Waals surface area contributed by atoms with Crippen molar-refractivity contribution in [3.05, 3.63) is 99.3 Å². The highest BCUT2D eigenvalue weighted by Gasteiger charge is 2.30. The van der Waals surface area contributed by atoms with Crippen LogP contribution in [-0.2, 0) is 13.0 Å². The van der Waals surface area contributed by atoms with E-state index in [1.165, 1.54) is 5.56 Å². The minimum atomic E-state index is -0.105. The quantitative estimate of drug-likeness (QED) is 0.461. The highest BCUT2D eigenvalue weighted by atomic mass is 35.5. The van der Waals surface area contributed by atoms with Gasteiger partial charge in [0, 0.05) is 10.6 Å². The van der Waals surface area contributed by atoms with Crippen molar-refractivity contribution >= 4 is 23.5 Å². The maximum Gasteiger partial charge on any atom is 0.231 e. The lowest BCUT2D eigenvalue weighted by Gasteiger charge is -2.11. The van der Waals surface area contributed by atoms with Crippen LogP contribution in [0.1, 0.15) is 39.5 Å². The Morgan fingerprint density at radius 2 is 1.66 bits per heavy atom. The fraction of sp³-hybridized carbons (Fsp3) is 0.160. The Morgan fingerprint density at radius 1 is 0.966 bits per heavy atom. The molecule has 29 heavy (non-hydrogen) atoms. The van der Waals surface area contributed by atoms with Crippen molar-refractivity contribution in [1.29, 1.82) is 0 Å². The number of Topliss-reactive ketones (excluding diaryl/α,β-unsaturated/α-hetero) is 1. The third kappa shape index (κ3) is 4.06. The molecular weight excluding hydrogens is 384 g/mol. The first-order valence-corrected chi connectivity index (χ1v) is 9.97. The fourth-order valence-electron chi connectivity index (χ4n) is 3.27. The van der Waals surface area contributed by atoms with Crippen LogP contribution in [-0.4, -0.2) is 5.78 Å². The lowest BCUT2D eigenvalue weighted by molar-refractivity contribution is 0.101. The number of benzene rings is 3. The molecule has 0 aliphatic carbocycles. The van der Waals surface area contributed by atoms with Gasteiger partial charge in [-0.25, -0.2) is 0 Å². The number of hydrogen-bond donors (Lipinski definition) is 0. The molecule has 146 valence electrons. The van der Waals surface area contributed by atoms with E-state index in [0.29, 0.717) is 34.5 Å². The molecule has 0 atom stereocenters. The van der Waals surface area contributed by atoms with E-state index in [9.17, 15) is 4.79 Å². The number of ether oxygens (including phenoxy) is 2. The first kappa shape index (κ1) is 19.3. The molecule has 1 aliphatic heterocycles. The highest BCUT2D eigenvalue weighted by molar-refractivity contribution is 6.30. The number of fused-ring (bicyclic) bond motifs is 1. The van der Waals surface area contributed by atoms with Crippen LogP contribution < -0.4 is 9.47 Å². The summed E-state index contributed by atoms with van der Waals surface area (Å²) in [5, 5.41) is 0.693. The minimum absolute atomic E-state index is 0.105. The van der Waals surface area contributed by atoms with Crippen molar-refractivity contribution in [1.82, 2.24) is 0 Å². The molecule has 3 aromatic rings. The number of carbonyl (C=O) groups excluding carboxylic acids is 1. The summed E-state index contributed by atoms with van der Waals surface area (Å²) in [5.41, 5.74) is 4.59. The van der Waals surface area contributed by atoms with Gasteiger partial charge in [0.05, 0.1) is 5.56 Å². The number of aryl methyl sites for hydroxylation is 1. The monoisotopic (exact) mass is 404 g/mol. The Hall–Kier alpha value is -3.04. The molecule has 4 rings (SSSR count). The molecule has 0 fully saturated rings. The van der Waals surface area contributed by atoms with Gasteiger partial charge in [-0.2, -0.15) is 0 Å². The van der Waals surface area contributed by atoms with E-state index in [4.69, 9.17) is 21.1 Å². The van der Waals surface area contributed by atoms with Crippen LogP contribution in [0.3, 0.4) is 0 Å². The number of ketones is 1. The average molecular weight is 405 g/mol. The summed E-state index contributed by atoms with van der Waals surface area (Å²) in [6, 6.07) is 19.2. The van der Waals surface area contributed by atoms with Gasteiger partial charge in [-0.1, -0.05) is 54.9 Å². The summed E-state index contributed by atoms with van der Waals surface area (Å²) in [6.45, 7) is 4.43. The molecule has 1 aliphatic rings. The van der Waals surface area contributed by atoms with Gasteiger partial charge in [-0.3, -0.25) is 4.79 Å². The smallest absolute Gasteiger partial charge is 0.231 e. The first-order chi connectivity index (χ1) is 14.0. The molecule has 0 spiro atoms. The molecule has 0 bridgehead atoms. The Balaban J connectivity index is 1.54. The van der Waals surface area contributed by atoms with Gasteiger partial charge in [0.15, 0.2) is 5.76 Å². The van der Waals surface area contributed by atoms with Crippen molar-refractivity contribution in [2.45, 2.75) is 26.9 Å². The molecule has 0 saturated carbocycles. The van der Waals surface area contributed by atoms with E-state index in [1.807, 2.05) is 49.4 Å². The van der Waals surface area contributed by atoms with Crippen LogP contribution in [0, 0.1) is 6.92 Å². The maximum absolute atomic E-state index is 12.8. The van der Waals surface area contributed by atoms with Crippen LogP contribution in [0.25, 0.3) is 6.08 Å². The van der Waals surface area contributed by atoms with Gasteiger partial charge in [0.25, 0.3) is 0 Å². The van der Waals surface area contributed by atoms with Crippen LogP contribution >= 0.6 is 11.6 Å². The van der Waals surface area contributed by atoms with Gasteiger partial charge in [-0.05, 0) is 60.4 Å². The molecule has 4 heteroatoms. The third-order valence-corrected chi connectivity index (χ3v) is 5.28. The Morgan fingerprint density at radius 3 is 2.34 bits per heavy atom. The summed E-state index contributed by atoms with van der Waals surface area (Å²) in [6.07, 6.45) is 2.77. The summed E-state index contributed by atoms with van der Waals surface area (Å²) in [5.74, 6) is 1.49. The second-order valence-electron chi connectivity index (χ2n) is 7.02. The Labute approximate surface area is 175 Å². The van der Waals surface area contributed by atoms with Gasteiger partial charge in [-0.15, -0.1) is 0 Å². The van der Waals surface area contributed by atoms with Gasteiger partial charge < -0.3 is 9.47 Å². The number of rotatable bonds is 5. The second kappa shape index (κ2) is 8.14. The number of allylic oxidation sites excluding steroid dienone is 1. The maximum atomic E-state index is 12.8. The molecule has 3 nitrogen and oxygen atoms in total. The molecule has 0 unspecified atom stereocenters. The number of halogens is 1. The zero-order valence-electron chi connectivity index (χ0n) is 16.4. The van der Waals surface area contributed by atoms with Gasteiger partial charge >= 0.3 is 0 Å². The molecule has 0 N–H and O–H groups in total. The highest BCUT2D eigenvalue weighted by Crippen LogP contribution is 2.39. The summed E-state index contributed by atoms with van der Waals surface area (Å²) < 4.78 is 11.9. The lowest BCUT2D eigenvalue weighted by atomic mass is 10.0. The lowest BCUT2D eigenvalue weighted by Crippen LogP contribution is -1.98. The predicted molar refractivity (Wildman–Crippen MR) is 116 cm³/mol. The van der Waals surface area contributed by atoms with E-state index in [1.54, 1.807) is 12.1 Å².